The van der Waals surface area contributed by atoms with Crippen molar-refractivity contribution in [3.8, 4) is 11.5 Å². The van der Waals surface area contributed by atoms with Crippen LogP contribution in [0.25, 0.3) is 0 Å². The smallest absolute Gasteiger partial charge is 0.162 e. The highest BCUT2D eigenvalue weighted by molar-refractivity contribution is 8.00. The highest BCUT2D eigenvalue weighted by Crippen LogP contribution is 2.35. The zero-order valence-corrected chi connectivity index (χ0v) is 12.8. The molecule has 0 aromatic heterocycles. The van der Waals surface area contributed by atoms with Gasteiger partial charge >= 0.3 is 0 Å². The molecule has 1 aliphatic heterocycles. The fraction of sp³-hybridized carbons (Fsp3) is 0.600. The Morgan fingerprint density at radius 3 is 2.63 bits per heavy atom. The lowest BCUT2D eigenvalue weighted by Crippen LogP contribution is -2.28. The summed E-state index contributed by atoms with van der Waals surface area (Å²) in [6.07, 6.45) is 0.950. The molecule has 1 unspecified atom stereocenters. The molecule has 2 rings (SSSR count). The van der Waals surface area contributed by atoms with Crippen molar-refractivity contribution in [1.82, 2.24) is 5.32 Å². The van der Waals surface area contributed by atoms with Crippen molar-refractivity contribution in [2.24, 2.45) is 0 Å². The van der Waals surface area contributed by atoms with Gasteiger partial charge in [0.25, 0.3) is 0 Å². The van der Waals surface area contributed by atoms with Crippen molar-refractivity contribution in [1.29, 1.82) is 0 Å². The molecule has 3 nitrogen and oxygen atoms in total. The minimum atomic E-state index is 0.534. The van der Waals surface area contributed by atoms with Crippen molar-refractivity contribution < 1.29 is 9.47 Å². The van der Waals surface area contributed by atoms with Gasteiger partial charge in [-0.05, 0) is 18.2 Å². The first-order valence-corrected chi connectivity index (χ1v) is 7.83. The van der Waals surface area contributed by atoms with Crippen molar-refractivity contribution in [3.05, 3.63) is 18.2 Å². The molecule has 0 radical (unpaired) electrons. The molecule has 0 aliphatic carbocycles. The predicted molar refractivity (Wildman–Crippen MR) is 80.5 cm³/mol. The third-order valence-corrected chi connectivity index (χ3v) is 3.96. The van der Waals surface area contributed by atoms with E-state index in [9.17, 15) is 0 Å². The van der Waals surface area contributed by atoms with Gasteiger partial charge in [0.1, 0.15) is 0 Å². The Bertz CT molecular complexity index is 409. The second-order valence-electron chi connectivity index (χ2n) is 5.15. The highest BCUT2D eigenvalue weighted by atomic mass is 32.2. The first kappa shape index (κ1) is 14.5. The van der Waals surface area contributed by atoms with Gasteiger partial charge in [-0.1, -0.05) is 20.8 Å². The molecule has 1 heterocycles. The van der Waals surface area contributed by atoms with Crippen LogP contribution in [0.3, 0.4) is 0 Å². The molecule has 0 spiro atoms. The summed E-state index contributed by atoms with van der Waals surface area (Å²) >= 11 is 1.87. The summed E-state index contributed by atoms with van der Waals surface area (Å²) in [4.78, 5) is 1.24. The summed E-state index contributed by atoms with van der Waals surface area (Å²) in [7, 11) is 0. The van der Waals surface area contributed by atoms with E-state index in [0.717, 1.165) is 37.7 Å². The number of hydrogen-bond acceptors (Lipinski definition) is 4. The lowest BCUT2D eigenvalue weighted by Gasteiger charge is -2.15. The van der Waals surface area contributed by atoms with Crippen molar-refractivity contribution in [2.75, 3.05) is 19.8 Å². The largest absolute Gasteiger partial charge is 0.490 e. The average Bonchev–Trinajstić information content (AvgIpc) is 2.61. The maximum absolute atomic E-state index is 5.71. The Kier molecular flexibility index (Phi) is 5.40. The van der Waals surface area contributed by atoms with Gasteiger partial charge in [0.15, 0.2) is 11.5 Å². The second kappa shape index (κ2) is 7.06. The van der Waals surface area contributed by atoms with E-state index in [2.05, 4.69) is 38.2 Å². The molecule has 106 valence electrons. The molecule has 0 saturated heterocycles. The molecule has 0 bridgehead atoms. The molecule has 1 aromatic rings. The molecular weight excluding hydrogens is 258 g/mol. The van der Waals surface area contributed by atoms with Gasteiger partial charge in [0.2, 0.25) is 0 Å². The number of ether oxygens (including phenoxy) is 2. The molecule has 0 fully saturated rings. The second-order valence-corrected chi connectivity index (χ2v) is 6.66. The van der Waals surface area contributed by atoms with Crippen LogP contribution in [0.4, 0.5) is 0 Å². The van der Waals surface area contributed by atoms with Crippen LogP contribution >= 0.6 is 11.8 Å². The van der Waals surface area contributed by atoms with Gasteiger partial charge in [-0.2, -0.15) is 0 Å². The van der Waals surface area contributed by atoms with Crippen LogP contribution in [0.1, 0.15) is 27.2 Å². The molecule has 0 amide bonds. The fourth-order valence-corrected chi connectivity index (χ4v) is 2.86. The van der Waals surface area contributed by atoms with E-state index in [4.69, 9.17) is 9.47 Å². The van der Waals surface area contributed by atoms with Gasteiger partial charge in [-0.3, -0.25) is 0 Å². The zero-order valence-electron chi connectivity index (χ0n) is 11.9. The van der Waals surface area contributed by atoms with Gasteiger partial charge < -0.3 is 14.8 Å². The molecule has 1 N–H and O–H groups in total. The van der Waals surface area contributed by atoms with Gasteiger partial charge in [-0.25, -0.2) is 0 Å². The van der Waals surface area contributed by atoms with Gasteiger partial charge in [0.05, 0.1) is 13.2 Å². The topological polar surface area (TPSA) is 30.5 Å². The number of rotatable bonds is 5. The van der Waals surface area contributed by atoms with Crippen LogP contribution in [0.5, 0.6) is 11.5 Å². The Balaban J connectivity index is 1.95. The van der Waals surface area contributed by atoms with Crippen molar-refractivity contribution in [3.63, 3.8) is 0 Å². The van der Waals surface area contributed by atoms with Crippen LogP contribution in [-0.2, 0) is 0 Å². The van der Waals surface area contributed by atoms with E-state index >= 15 is 0 Å². The lowest BCUT2D eigenvalue weighted by molar-refractivity contribution is 0.297. The summed E-state index contributed by atoms with van der Waals surface area (Å²) in [5.74, 6) is 1.75. The number of benzene rings is 1. The molecular formula is C15H23NO2S. The first-order chi connectivity index (χ1) is 9.15. The Morgan fingerprint density at radius 2 is 1.89 bits per heavy atom. The van der Waals surface area contributed by atoms with Crippen molar-refractivity contribution >= 4 is 11.8 Å². The maximum Gasteiger partial charge on any atom is 0.162 e. The van der Waals surface area contributed by atoms with E-state index in [1.165, 1.54) is 4.90 Å². The highest BCUT2D eigenvalue weighted by Gasteiger charge is 2.12. The Labute approximate surface area is 120 Å². The summed E-state index contributed by atoms with van der Waals surface area (Å²) < 4.78 is 11.4. The standard InChI is InChI=1S/C15H23NO2S/c1-11(2)16-10-12(3)19-13-5-6-14-15(9-13)18-8-4-7-17-14/h5-6,9,11-12,16H,4,7-8,10H2,1-3H3. The van der Waals surface area contributed by atoms with E-state index < -0.39 is 0 Å². The van der Waals surface area contributed by atoms with Crippen LogP contribution in [0.15, 0.2) is 23.1 Å². The third-order valence-electron chi connectivity index (χ3n) is 2.87. The molecule has 19 heavy (non-hydrogen) atoms. The third kappa shape index (κ3) is 4.62. The van der Waals surface area contributed by atoms with Crippen LogP contribution < -0.4 is 14.8 Å². The van der Waals surface area contributed by atoms with Crippen molar-refractivity contribution in [2.45, 2.75) is 43.4 Å². The van der Waals surface area contributed by atoms with E-state index in [0.29, 0.717) is 11.3 Å². The molecule has 0 saturated carbocycles. The fourth-order valence-electron chi connectivity index (χ4n) is 1.89. The Morgan fingerprint density at radius 1 is 1.16 bits per heavy atom. The minimum absolute atomic E-state index is 0.534. The zero-order chi connectivity index (χ0) is 13.7. The summed E-state index contributed by atoms with van der Waals surface area (Å²) in [5, 5.41) is 4.00. The van der Waals surface area contributed by atoms with Crippen LogP contribution in [0.2, 0.25) is 0 Å². The molecule has 1 aliphatic rings. The summed E-state index contributed by atoms with van der Waals surface area (Å²) in [6, 6.07) is 6.76. The first-order valence-electron chi connectivity index (χ1n) is 6.95. The normalized spacial score (nSPS) is 16.2. The number of thioether (sulfide) groups is 1. The van der Waals surface area contributed by atoms with Gasteiger partial charge in [-0.15, -0.1) is 11.8 Å². The molecule has 4 heteroatoms. The molecule has 1 aromatic carbocycles. The maximum atomic E-state index is 5.71. The SMILES string of the molecule is CC(C)NCC(C)Sc1ccc2c(c1)OCCCO2. The average molecular weight is 281 g/mol. The van der Waals surface area contributed by atoms with Gasteiger partial charge in [0, 0.05) is 29.2 Å². The van der Waals surface area contributed by atoms with Crippen LogP contribution in [0, 0.1) is 0 Å². The predicted octanol–water partition coefficient (Wildman–Crippen LogP) is 3.33. The van der Waals surface area contributed by atoms with E-state index in [-0.39, 0.29) is 0 Å². The van der Waals surface area contributed by atoms with E-state index in [1.807, 2.05) is 17.8 Å². The van der Waals surface area contributed by atoms with E-state index in [1.54, 1.807) is 0 Å². The summed E-state index contributed by atoms with van der Waals surface area (Å²) in [5.41, 5.74) is 0. The quantitative estimate of drug-likeness (QED) is 0.839. The number of hydrogen-bond donors (Lipinski definition) is 1. The number of fused-ring (bicyclic) bond motifs is 1. The molecule has 1 atom stereocenters. The van der Waals surface area contributed by atoms with Crippen LogP contribution in [-0.4, -0.2) is 31.1 Å². The Hall–Kier alpha value is -0.870. The minimum Gasteiger partial charge on any atom is -0.490 e. The number of nitrogens with one attached hydrogen (secondary N) is 1. The monoisotopic (exact) mass is 281 g/mol. The summed E-state index contributed by atoms with van der Waals surface area (Å²) in [6.45, 7) is 9.08. The lowest BCUT2D eigenvalue weighted by atomic mass is 10.3.